The summed E-state index contributed by atoms with van der Waals surface area (Å²) in [6.45, 7) is 0. The first kappa shape index (κ1) is 10.1. The summed E-state index contributed by atoms with van der Waals surface area (Å²) in [5.41, 5.74) is 0.0602. The van der Waals surface area contributed by atoms with Crippen LogP contribution in [0.5, 0.6) is 0 Å². The van der Waals surface area contributed by atoms with Crippen LogP contribution in [0.15, 0.2) is 18.2 Å². The maximum absolute atomic E-state index is 13.1. The molecule has 0 amide bonds. The van der Waals surface area contributed by atoms with Crippen LogP contribution in [0.3, 0.4) is 0 Å². The first-order chi connectivity index (χ1) is 6.19. The molecule has 0 aliphatic carbocycles. The van der Waals surface area contributed by atoms with Crippen molar-refractivity contribution in [2.75, 3.05) is 14.2 Å². The van der Waals surface area contributed by atoms with E-state index in [1.54, 1.807) is 0 Å². The minimum atomic E-state index is -0.865. The third kappa shape index (κ3) is 2.26. The van der Waals surface area contributed by atoms with Gasteiger partial charge in [0.25, 0.3) is 0 Å². The van der Waals surface area contributed by atoms with E-state index in [1.807, 2.05) is 0 Å². The first-order valence-corrected chi connectivity index (χ1v) is 3.69. The molecule has 0 fully saturated rings. The smallest absolute Gasteiger partial charge is 0.410 e. The van der Waals surface area contributed by atoms with Gasteiger partial charge in [-0.3, -0.25) is 0 Å². The van der Waals surface area contributed by atoms with Crippen LogP contribution in [0, 0.1) is 11.6 Å². The van der Waals surface area contributed by atoms with Gasteiger partial charge in [-0.1, -0.05) is 0 Å². The molecule has 0 aromatic heterocycles. The molecule has 0 unspecified atom stereocenters. The summed E-state index contributed by atoms with van der Waals surface area (Å²) >= 11 is 0. The van der Waals surface area contributed by atoms with Crippen LogP contribution in [0.1, 0.15) is 0 Å². The highest BCUT2D eigenvalue weighted by Gasteiger charge is 2.22. The normalized spacial score (nSPS) is 10.2. The quantitative estimate of drug-likeness (QED) is 0.654. The van der Waals surface area contributed by atoms with E-state index in [-0.39, 0.29) is 5.46 Å². The summed E-state index contributed by atoms with van der Waals surface area (Å²) in [4.78, 5) is 0. The van der Waals surface area contributed by atoms with Crippen molar-refractivity contribution in [1.29, 1.82) is 0 Å². The van der Waals surface area contributed by atoms with Crippen molar-refractivity contribution >= 4 is 12.6 Å². The highest BCUT2D eigenvalue weighted by Crippen LogP contribution is 2.01. The van der Waals surface area contributed by atoms with Crippen molar-refractivity contribution in [3.05, 3.63) is 29.8 Å². The van der Waals surface area contributed by atoms with E-state index in [1.165, 1.54) is 14.2 Å². The average Bonchev–Trinajstić information content (AvgIpc) is 2.13. The Morgan fingerprint density at radius 2 is 1.77 bits per heavy atom. The second-order valence-electron chi connectivity index (χ2n) is 2.47. The van der Waals surface area contributed by atoms with Crippen molar-refractivity contribution in [3.8, 4) is 0 Å². The van der Waals surface area contributed by atoms with Crippen molar-refractivity contribution in [1.82, 2.24) is 0 Å². The van der Waals surface area contributed by atoms with E-state index >= 15 is 0 Å². The molecular formula is C8H9BF2O2. The van der Waals surface area contributed by atoms with Gasteiger partial charge in [-0.25, -0.2) is 8.78 Å². The Morgan fingerprint density at radius 3 is 2.31 bits per heavy atom. The molecule has 0 saturated heterocycles. The van der Waals surface area contributed by atoms with Gasteiger partial charge in [0.05, 0.1) is 0 Å². The van der Waals surface area contributed by atoms with E-state index < -0.39 is 18.8 Å². The van der Waals surface area contributed by atoms with E-state index in [4.69, 9.17) is 9.31 Å². The minimum absolute atomic E-state index is 0.0602. The van der Waals surface area contributed by atoms with Crippen molar-refractivity contribution in [3.63, 3.8) is 0 Å². The minimum Gasteiger partial charge on any atom is -0.410 e. The third-order valence-corrected chi connectivity index (χ3v) is 1.64. The maximum atomic E-state index is 13.1. The molecule has 70 valence electrons. The van der Waals surface area contributed by atoms with Gasteiger partial charge in [0.15, 0.2) is 0 Å². The monoisotopic (exact) mass is 186 g/mol. The lowest BCUT2D eigenvalue weighted by Gasteiger charge is -2.09. The summed E-state index contributed by atoms with van der Waals surface area (Å²) in [5, 5.41) is 0. The number of hydrogen-bond acceptors (Lipinski definition) is 2. The molecule has 5 heteroatoms. The SMILES string of the molecule is COB(OC)c1cc(F)ccc1F. The predicted octanol–water partition coefficient (Wildman–Crippen LogP) is 0.953. The van der Waals surface area contributed by atoms with Gasteiger partial charge in [0, 0.05) is 19.7 Å². The Balaban J connectivity index is 3.03. The van der Waals surface area contributed by atoms with Crippen LogP contribution in [-0.4, -0.2) is 21.3 Å². The van der Waals surface area contributed by atoms with Gasteiger partial charge >= 0.3 is 7.12 Å². The predicted molar refractivity (Wildman–Crippen MR) is 45.8 cm³/mol. The molecule has 2 nitrogen and oxygen atoms in total. The lowest BCUT2D eigenvalue weighted by Crippen LogP contribution is -2.37. The zero-order valence-electron chi connectivity index (χ0n) is 7.38. The summed E-state index contributed by atoms with van der Waals surface area (Å²) < 4.78 is 35.4. The lowest BCUT2D eigenvalue weighted by molar-refractivity contribution is 0.290. The third-order valence-electron chi connectivity index (χ3n) is 1.64. The van der Waals surface area contributed by atoms with Gasteiger partial charge in [-0.2, -0.15) is 0 Å². The van der Waals surface area contributed by atoms with Crippen LogP contribution in [0.2, 0.25) is 0 Å². The molecule has 0 radical (unpaired) electrons. The molecule has 0 saturated carbocycles. The first-order valence-electron chi connectivity index (χ1n) is 3.69. The van der Waals surface area contributed by atoms with Crippen LogP contribution in [0.25, 0.3) is 0 Å². The van der Waals surface area contributed by atoms with Gasteiger partial charge in [0.2, 0.25) is 0 Å². The van der Waals surface area contributed by atoms with E-state index in [9.17, 15) is 8.78 Å². The van der Waals surface area contributed by atoms with E-state index in [0.717, 1.165) is 18.2 Å². The molecule has 0 aliphatic rings. The Bertz CT molecular complexity index is 289. The Labute approximate surface area is 75.6 Å². The second kappa shape index (κ2) is 4.34. The number of hydrogen-bond donors (Lipinski definition) is 0. The molecule has 1 aromatic carbocycles. The van der Waals surface area contributed by atoms with Crippen molar-refractivity contribution < 1.29 is 18.1 Å². The zero-order valence-corrected chi connectivity index (χ0v) is 7.38. The van der Waals surface area contributed by atoms with Gasteiger partial charge < -0.3 is 9.31 Å². The summed E-state index contributed by atoms with van der Waals surface area (Å²) in [7, 11) is 1.85. The van der Waals surface area contributed by atoms with Crippen molar-refractivity contribution in [2.45, 2.75) is 0 Å². The molecule has 1 rings (SSSR count). The fourth-order valence-corrected chi connectivity index (χ4v) is 1.05. The summed E-state index contributed by atoms with van der Waals surface area (Å²) in [5.74, 6) is -1.06. The Morgan fingerprint density at radius 1 is 1.15 bits per heavy atom. The Hall–Kier alpha value is -0.935. The standard InChI is InChI=1S/C8H9BF2O2/c1-12-9(13-2)7-5-6(10)3-4-8(7)11/h3-5H,1-2H3. The van der Waals surface area contributed by atoms with Crippen molar-refractivity contribution in [2.24, 2.45) is 0 Å². The fourth-order valence-electron chi connectivity index (χ4n) is 1.05. The molecule has 0 N–H and O–H groups in total. The maximum Gasteiger partial charge on any atom is 0.496 e. The van der Waals surface area contributed by atoms with Crippen LogP contribution < -0.4 is 5.46 Å². The molecule has 13 heavy (non-hydrogen) atoms. The molecule has 1 aromatic rings. The van der Waals surface area contributed by atoms with Crippen LogP contribution in [0.4, 0.5) is 8.78 Å². The molecule has 0 spiro atoms. The zero-order chi connectivity index (χ0) is 9.84. The second-order valence-corrected chi connectivity index (χ2v) is 2.47. The van der Waals surface area contributed by atoms with Gasteiger partial charge in [-0.05, 0) is 18.2 Å². The molecule has 0 bridgehead atoms. The molecular weight excluding hydrogens is 177 g/mol. The number of halogens is 2. The topological polar surface area (TPSA) is 18.5 Å². The summed E-state index contributed by atoms with van der Waals surface area (Å²) in [6.07, 6.45) is 0. The summed E-state index contributed by atoms with van der Waals surface area (Å²) in [6, 6.07) is 3.13. The highest BCUT2D eigenvalue weighted by molar-refractivity contribution is 6.61. The van der Waals surface area contributed by atoms with Gasteiger partial charge in [-0.15, -0.1) is 0 Å². The number of benzene rings is 1. The lowest BCUT2D eigenvalue weighted by atomic mass is 9.78. The van der Waals surface area contributed by atoms with Crippen LogP contribution in [-0.2, 0) is 9.31 Å². The molecule has 0 aliphatic heterocycles. The fraction of sp³-hybridized carbons (Fsp3) is 0.250. The largest absolute Gasteiger partial charge is 0.496 e. The van der Waals surface area contributed by atoms with Crippen LogP contribution >= 0.6 is 0 Å². The molecule has 0 atom stereocenters. The average molecular weight is 186 g/mol. The van der Waals surface area contributed by atoms with Gasteiger partial charge in [0.1, 0.15) is 11.6 Å². The highest BCUT2D eigenvalue weighted by atomic mass is 19.1. The van der Waals surface area contributed by atoms with E-state index in [0.29, 0.717) is 0 Å². The van der Waals surface area contributed by atoms with E-state index in [2.05, 4.69) is 0 Å². The Kier molecular flexibility index (Phi) is 3.39. The molecule has 0 heterocycles. The number of rotatable bonds is 3.